The van der Waals surface area contributed by atoms with E-state index in [1.165, 1.54) is 6.07 Å². The Labute approximate surface area is 191 Å². The lowest BCUT2D eigenvalue weighted by atomic mass is 10.1. The maximum atomic E-state index is 13.0. The second-order valence-corrected chi connectivity index (χ2v) is 7.68. The van der Waals surface area contributed by atoms with Crippen molar-refractivity contribution >= 4 is 11.0 Å². The zero-order valence-electron chi connectivity index (χ0n) is 17.9. The molecule has 0 atom stereocenters. The van der Waals surface area contributed by atoms with E-state index < -0.39 is 0 Å². The van der Waals surface area contributed by atoms with Crippen LogP contribution in [0.15, 0.2) is 118 Å². The Kier molecular flexibility index (Phi) is 5.89. The van der Waals surface area contributed by atoms with Crippen LogP contribution in [-0.2, 0) is 13.2 Å². The van der Waals surface area contributed by atoms with Crippen LogP contribution in [0.1, 0.15) is 11.1 Å². The number of hydrogen-bond donors (Lipinski definition) is 0. The van der Waals surface area contributed by atoms with E-state index in [1.807, 2.05) is 91.0 Å². The normalized spacial score (nSPS) is 10.8. The molecule has 0 saturated heterocycles. The SMILES string of the molecule is O=c1cc(-c2ccc(OCc3ccccc3)cc2)oc2cccc(OCc3ccccc3)c12. The molecule has 0 bridgehead atoms. The molecule has 5 aromatic rings. The average molecular weight is 434 g/mol. The second-order valence-electron chi connectivity index (χ2n) is 7.68. The molecule has 5 rings (SSSR count). The second kappa shape index (κ2) is 9.45. The number of fused-ring (bicyclic) bond motifs is 1. The number of benzene rings is 4. The van der Waals surface area contributed by atoms with Gasteiger partial charge in [0, 0.05) is 11.6 Å². The van der Waals surface area contributed by atoms with Gasteiger partial charge in [-0.1, -0.05) is 66.7 Å². The predicted molar refractivity (Wildman–Crippen MR) is 129 cm³/mol. The van der Waals surface area contributed by atoms with Gasteiger partial charge in [-0.05, 0) is 47.5 Å². The van der Waals surface area contributed by atoms with E-state index in [0.717, 1.165) is 22.4 Å². The average Bonchev–Trinajstić information content (AvgIpc) is 2.87. The van der Waals surface area contributed by atoms with Crippen LogP contribution < -0.4 is 14.9 Å². The molecule has 4 aromatic carbocycles. The molecule has 1 heterocycles. The molecular formula is C29H22O4. The Balaban J connectivity index is 1.36. The molecule has 4 heteroatoms. The lowest BCUT2D eigenvalue weighted by molar-refractivity contribution is 0.306. The Morgan fingerprint density at radius 3 is 1.94 bits per heavy atom. The summed E-state index contributed by atoms with van der Waals surface area (Å²) in [6.07, 6.45) is 0. The predicted octanol–water partition coefficient (Wildman–Crippen LogP) is 6.62. The van der Waals surface area contributed by atoms with Gasteiger partial charge in [0.05, 0.1) is 0 Å². The van der Waals surface area contributed by atoms with Crippen LogP contribution in [0.25, 0.3) is 22.3 Å². The number of hydrogen-bond acceptors (Lipinski definition) is 4. The summed E-state index contributed by atoms with van der Waals surface area (Å²) in [4.78, 5) is 13.0. The molecule has 0 N–H and O–H groups in total. The summed E-state index contributed by atoms with van der Waals surface area (Å²) >= 11 is 0. The quantitative estimate of drug-likeness (QED) is 0.289. The molecule has 0 aliphatic carbocycles. The molecule has 4 nitrogen and oxygen atoms in total. The molecule has 162 valence electrons. The van der Waals surface area contributed by atoms with Crippen LogP contribution in [0.2, 0.25) is 0 Å². The summed E-state index contributed by atoms with van der Waals surface area (Å²) in [5.41, 5.74) is 3.29. The summed E-state index contributed by atoms with van der Waals surface area (Å²) in [6, 6.07) is 34.3. The molecule has 0 saturated carbocycles. The van der Waals surface area contributed by atoms with E-state index in [1.54, 1.807) is 12.1 Å². The highest BCUT2D eigenvalue weighted by atomic mass is 16.5. The topological polar surface area (TPSA) is 48.7 Å². The lowest BCUT2D eigenvalue weighted by Gasteiger charge is -2.10. The minimum Gasteiger partial charge on any atom is -0.489 e. The summed E-state index contributed by atoms with van der Waals surface area (Å²) in [6.45, 7) is 0.878. The monoisotopic (exact) mass is 434 g/mol. The van der Waals surface area contributed by atoms with Gasteiger partial charge >= 0.3 is 0 Å². The van der Waals surface area contributed by atoms with Gasteiger partial charge in [0.25, 0.3) is 0 Å². The van der Waals surface area contributed by atoms with Gasteiger partial charge in [0.1, 0.15) is 41.4 Å². The fraction of sp³-hybridized carbons (Fsp3) is 0.0690. The van der Waals surface area contributed by atoms with Gasteiger partial charge in [-0.2, -0.15) is 0 Å². The van der Waals surface area contributed by atoms with E-state index >= 15 is 0 Å². The summed E-state index contributed by atoms with van der Waals surface area (Å²) < 4.78 is 17.9. The Morgan fingerprint density at radius 2 is 1.27 bits per heavy atom. The first-order valence-electron chi connectivity index (χ1n) is 10.8. The molecule has 0 unspecified atom stereocenters. The fourth-order valence-corrected chi connectivity index (χ4v) is 3.63. The van der Waals surface area contributed by atoms with Crippen molar-refractivity contribution < 1.29 is 13.9 Å². The van der Waals surface area contributed by atoms with Gasteiger partial charge in [-0.3, -0.25) is 4.79 Å². The molecule has 0 radical (unpaired) electrons. The smallest absolute Gasteiger partial charge is 0.197 e. The Bertz CT molecular complexity index is 1410. The van der Waals surface area contributed by atoms with E-state index in [9.17, 15) is 4.79 Å². The maximum Gasteiger partial charge on any atom is 0.197 e. The molecule has 0 fully saturated rings. The van der Waals surface area contributed by atoms with E-state index in [4.69, 9.17) is 13.9 Å². The van der Waals surface area contributed by atoms with Crippen molar-refractivity contribution in [3.05, 3.63) is 131 Å². The molecule has 1 aromatic heterocycles. The first-order chi connectivity index (χ1) is 16.3. The Morgan fingerprint density at radius 1 is 0.636 bits per heavy atom. The highest BCUT2D eigenvalue weighted by Gasteiger charge is 2.12. The van der Waals surface area contributed by atoms with Crippen molar-refractivity contribution in [3.8, 4) is 22.8 Å². The lowest BCUT2D eigenvalue weighted by Crippen LogP contribution is -2.04. The van der Waals surface area contributed by atoms with Crippen molar-refractivity contribution in [1.82, 2.24) is 0 Å². The summed E-state index contributed by atoms with van der Waals surface area (Å²) in [5.74, 6) is 1.77. The van der Waals surface area contributed by atoms with Crippen LogP contribution in [0.4, 0.5) is 0 Å². The zero-order valence-corrected chi connectivity index (χ0v) is 17.9. The van der Waals surface area contributed by atoms with Gasteiger partial charge in [0.15, 0.2) is 5.43 Å². The first-order valence-corrected chi connectivity index (χ1v) is 10.8. The molecule has 0 spiro atoms. The van der Waals surface area contributed by atoms with Crippen LogP contribution in [0.5, 0.6) is 11.5 Å². The third-order valence-electron chi connectivity index (χ3n) is 5.34. The maximum absolute atomic E-state index is 13.0. The molecular weight excluding hydrogens is 412 g/mol. The summed E-state index contributed by atoms with van der Waals surface area (Å²) in [5, 5.41) is 0.444. The van der Waals surface area contributed by atoms with E-state index in [-0.39, 0.29) is 5.43 Å². The van der Waals surface area contributed by atoms with Gasteiger partial charge in [0.2, 0.25) is 0 Å². The zero-order chi connectivity index (χ0) is 22.5. The highest BCUT2D eigenvalue weighted by molar-refractivity contribution is 5.84. The third-order valence-corrected chi connectivity index (χ3v) is 5.34. The van der Waals surface area contributed by atoms with Crippen molar-refractivity contribution in [3.63, 3.8) is 0 Å². The number of ether oxygens (including phenoxy) is 2. The third kappa shape index (κ3) is 4.80. The minimum atomic E-state index is -0.140. The fourth-order valence-electron chi connectivity index (χ4n) is 3.63. The van der Waals surface area contributed by atoms with Crippen LogP contribution in [0, 0.1) is 0 Å². The summed E-state index contributed by atoms with van der Waals surface area (Å²) in [7, 11) is 0. The number of rotatable bonds is 7. The van der Waals surface area contributed by atoms with Crippen molar-refractivity contribution in [2.24, 2.45) is 0 Å². The van der Waals surface area contributed by atoms with Crippen LogP contribution in [-0.4, -0.2) is 0 Å². The highest BCUT2D eigenvalue weighted by Crippen LogP contribution is 2.29. The first kappa shape index (κ1) is 20.6. The molecule has 33 heavy (non-hydrogen) atoms. The minimum absolute atomic E-state index is 0.140. The van der Waals surface area contributed by atoms with Crippen molar-refractivity contribution in [2.45, 2.75) is 13.2 Å². The van der Waals surface area contributed by atoms with E-state index in [0.29, 0.717) is 35.7 Å². The Hall–Kier alpha value is -4.31. The molecule has 0 aliphatic heterocycles. The van der Waals surface area contributed by atoms with Crippen LogP contribution >= 0.6 is 0 Å². The van der Waals surface area contributed by atoms with E-state index in [2.05, 4.69) is 0 Å². The van der Waals surface area contributed by atoms with Gasteiger partial charge < -0.3 is 13.9 Å². The van der Waals surface area contributed by atoms with Crippen molar-refractivity contribution in [2.75, 3.05) is 0 Å². The van der Waals surface area contributed by atoms with Crippen molar-refractivity contribution in [1.29, 1.82) is 0 Å². The van der Waals surface area contributed by atoms with Gasteiger partial charge in [-0.25, -0.2) is 0 Å². The van der Waals surface area contributed by atoms with Crippen LogP contribution in [0.3, 0.4) is 0 Å². The van der Waals surface area contributed by atoms with Gasteiger partial charge in [-0.15, -0.1) is 0 Å². The standard InChI is InChI=1S/C29H22O4/c30-25-18-28(23-14-16-24(17-15-23)31-19-21-8-3-1-4-9-21)33-27-13-7-12-26(29(25)27)32-20-22-10-5-2-6-11-22/h1-18H,19-20H2. The molecule has 0 aliphatic rings. The largest absolute Gasteiger partial charge is 0.489 e. The molecule has 0 amide bonds.